The average molecular weight is 385 g/mol. The number of anilines is 1. The van der Waals surface area contributed by atoms with Crippen LogP contribution in [0.4, 0.5) is 5.69 Å². The third-order valence-corrected chi connectivity index (χ3v) is 3.48. The molecule has 0 saturated carbocycles. The van der Waals surface area contributed by atoms with Gasteiger partial charge in [-0.15, -0.1) is 0 Å². The molecule has 1 atom stereocenters. The molecule has 7 heteroatoms. The Labute approximate surface area is 163 Å². The third-order valence-electron chi connectivity index (χ3n) is 3.48. The first-order chi connectivity index (χ1) is 13.3. The summed E-state index contributed by atoms with van der Waals surface area (Å²) in [6.45, 7) is 4.62. The quantitative estimate of drug-likeness (QED) is 0.702. The standard InChI is InChI=1S/C21H23NO6/c1-14(2)27-21(25)16-9-11-17(12-10-16)22-19(23)13-26-20(24)15(3)28-18-7-5-4-6-8-18/h4-12,14-15H,13H2,1-3H3,(H,22,23)/t15-/m0/s1. The van der Waals surface area contributed by atoms with Gasteiger partial charge in [0.25, 0.3) is 5.91 Å². The lowest BCUT2D eigenvalue weighted by Crippen LogP contribution is -2.29. The summed E-state index contributed by atoms with van der Waals surface area (Å²) in [5.74, 6) is -1.05. The van der Waals surface area contributed by atoms with Gasteiger partial charge in [0.2, 0.25) is 0 Å². The van der Waals surface area contributed by atoms with E-state index in [4.69, 9.17) is 14.2 Å². The highest BCUT2D eigenvalue weighted by Crippen LogP contribution is 2.13. The number of rotatable bonds is 8. The van der Waals surface area contributed by atoms with Gasteiger partial charge in [-0.25, -0.2) is 9.59 Å². The summed E-state index contributed by atoms with van der Waals surface area (Å²) in [6, 6.07) is 15.1. The van der Waals surface area contributed by atoms with Crippen LogP contribution in [-0.4, -0.2) is 36.7 Å². The van der Waals surface area contributed by atoms with E-state index in [1.54, 1.807) is 69.3 Å². The Bertz CT molecular complexity index is 801. The van der Waals surface area contributed by atoms with Crippen molar-refractivity contribution in [2.45, 2.75) is 33.0 Å². The number of amides is 1. The van der Waals surface area contributed by atoms with Crippen LogP contribution >= 0.6 is 0 Å². The molecule has 0 unspecified atom stereocenters. The molecule has 0 spiro atoms. The molecule has 0 radical (unpaired) electrons. The van der Waals surface area contributed by atoms with E-state index in [1.165, 1.54) is 0 Å². The predicted molar refractivity (Wildman–Crippen MR) is 103 cm³/mol. The van der Waals surface area contributed by atoms with Crippen LogP contribution in [0.5, 0.6) is 5.75 Å². The highest BCUT2D eigenvalue weighted by Gasteiger charge is 2.18. The molecule has 2 rings (SSSR count). The minimum atomic E-state index is -0.846. The number of ether oxygens (including phenoxy) is 3. The lowest BCUT2D eigenvalue weighted by molar-refractivity contribution is -0.153. The zero-order valence-electron chi connectivity index (χ0n) is 16.0. The fourth-order valence-electron chi connectivity index (χ4n) is 2.17. The Morgan fingerprint density at radius 3 is 2.18 bits per heavy atom. The fourth-order valence-corrected chi connectivity index (χ4v) is 2.17. The van der Waals surface area contributed by atoms with Gasteiger partial charge in [0, 0.05) is 5.69 Å². The molecule has 0 aromatic heterocycles. The highest BCUT2D eigenvalue weighted by molar-refractivity contribution is 5.94. The van der Waals surface area contributed by atoms with Crippen LogP contribution in [0.2, 0.25) is 0 Å². The van der Waals surface area contributed by atoms with Crippen LogP contribution in [0, 0.1) is 0 Å². The monoisotopic (exact) mass is 385 g/mol. The number of hydrogen-bond donors (Lipinski definition) is 1. The molecule has 0 bridgehead atoms. The summed E-state index contributed by atoms with van der Waals surface area (Å²) >= 11 is 0. The Morgan fingerprint density at radius 2 is 1.57 bits per heavy atom. The van der Waals surface area contributed by atoms with Crippen molar-refractivity contribution in [2.24, 2.45) is 0 Å². The van der Waals surface area contributed by atoms with Crippen LogP contribution in [0.25, 0.3) is 0 Å². The molecule has 2 aromatic carbocycles. The van der Waals surface area contributed by atoms with Gasteiger partial charge in [-0.2, -0.15) is 0 Å². The largest absolute Gasteiger partial charge is 0.479 e. The summed E-state index contributed by atoms with van der Waals surface area (Å²) in [5.41, 5.74) is 0.848. The third kappa shape index (κ3) is 6.75. The second-order valence-corrected chi connectivity index (χ2v) is 6.26. The van der Waals surface area contributed by atoms with Crippen molar-refractivity contribution in [1.82, 2.24) is 0 Å². The Kier molecular flexibility index (Phi) is 7.56. The molecule has 0 aliphatic carbocycles. The van der Waals surface area contributed by atoms with Gasteiger partial charge in [0.1, 0.15) is 5.75 Å². The number of carbonyl (C=O) groups excluding carboxylic acids is 3. The van der Waals surface area contributed by atoms with Gasteiger partial charge >= 0.3 is 11.9 Å². The number of hydrogen-bond acceptors (Lipinski definition) is 6. The van der Waals surface area contributed by atoms with Crippen molar-refractivity contribution in [3.63, 3.8) is 0 Å². The number of para-hydroxylation sites is 1. The van der Waals surface area contributed by atoms with Crippen molar-refractivity contribution in [1.29, 1.82) is 0 Å². The van der Waals surface area contributed by atoms with Crippen LogP contribution < -0.4 is 10.1 Å². The fraction of sp³-hybridized carbons (Fsp3) is 0.286. The summed E-state index contributed by atoms with van der Waals surface area (Å²) in [6.07, 6.45) is -1.06. The maximum Gasteiger partial charge on any atom is 0.347 e. The lowest BCUT2D eigenvalue weighted by atomic mass is 10.2. The molecule has 1 amide bonds. The van der Waals surface area contributed by atoms with Gasteiger partial charge in [-0.1, -0.05) is 18.2 Å². The topological polar surface area (TPSA) is 90.9 Å². The molecule has 1 N–H and O–H groups in total. The maximum absolute atomic E-state index is 11.9. The highest BCUT2D eigenvalue weighted by atomic mass is 16.6. The summed E-state index contributed by atoms with van der Waals surface area (Å²) in [4.78, 5) is 35.7. The predicted octanol–water partition coefficient (Wildman–Crippen LogP) is 3.20. The van der Waals surface area contributed by atoms with Gasteiger partial charge in [-0.3, -0.25) is 4.79 Å². The number of esters is 2. The number of benzene rings is 2. The van der Waals surface area contributed by atoms with Crippen LogP contribution in [0.15, 0.2) is 54.6 Å². The molecule has 0 saturated heterocycles. The second-order valence-electron chi connectivity index (χ2n) is 6.26. The molecular weight excluding hydrogens is 362 g/mol. The Morgan fingerprint density at radius 1 is 0.929 bits per heavy atom. The average Bonchev–Trinajstić information content (AvgIpc) is 2.67. The molecule has 28 heavy (non-hydrogen) atoms. The summed E-state index contributed by atoms with van der Waals surface area (Å²) < 4.78 is 15.5. The molecule has 2 aromatic rings. The Hall–Kier alpha value is -3.35. The first kappa shape index (κ1) is 21.0. The molecule has 7 nitrogen and oxygen atoms in total. The second kappa shape index (κ2) is 10.1. The van der Waals surface area contributed by atoms with E-state index in [9.17, 15) is 14.4 Å². The SMILES string of the molecule is CC(C)OC(=O)c1ccc(NC(=O)COC(=O)[C@H](C)Oc2ccccc2)cc1. The van der Waals surface area contributed by atoms with E-state index in [0.717, 1.165) is 0 Å². The van der Waals surface area contributed by atoms with Gasteiger partial charge in [0.05, 0.1) is 11.7 Å². The maximum atomic E-state index is 11.9. The number of carbonyl (C=O) groups is 3. The van der Waals surface area contributed by atoms with E-state index >= 15 is 0 Å². The van der Waals surface area contributed by atoms with Crippen LogP contribution in [-0.2, 0) is 19.1 Å². The van der Waals surface area contributed by atoms with E-state index < -0.39 is 30.6 Å². The van der Waals surface area contributed by atoms with Crippen molar-refractivity contribution >= 4 is 23.5 Å². The zero-order chi connectivity index (χ0) is 20.5. The number of nitrogens with one attached hydrogen (secondary N) is 1. The first-order valence-electron chi connectivity index (χ1n) is 8.84. The van der Waals surface area contributed by atoms with Crippen molar-refractivity contribution in [3.8, 4) is 5.75 Å². The summed E-state index contributed by atoms with van der Waals surface area (Å²) in [7, 11) is 0. The minimum absolute atomic E-state index is 0.213. The van der Waals surface area contributed by atoms with Crippen molar-refractivity contribution in [2.75, 3.05) is 11.9 Å². The van der Waals surface area contributed by atoms with Crippen LogP contribution in [0.3, 0.4) is 0 Å². The molecule has 0 aliphatic heterocycles. The molecule has 148 valence electrons. The summed E-state index contributed by atoms with van der Waals surface area (Å²) in [5, 5.41) is 2.58. The Balaban J connectivity index is 1.78. The smallest absolute Gasteiger partial charge is 0.347 e. The van der Waals surface area contributed by atoms with Crippen molar-refractivity contribution < 1.29 is 28.6 Å². The van der Waals surface area contributed by atoms with Gasteiger partial charge < -0.3 is 19.5 Å². The molecule has 0 heterocycles. The van der Waals surface area contributed by atoms with Gasteiger partial charge in [-0.05, 0) is 57.2 Å². The van der Waals surface area contributed by atoms with Crippen LogP contribution in [0.1, 0.15) is 31.1 Å². The molecule has 0 aliphatic rings. The van der Waals surface area contributed by atoms with Crippen molar-refractivity contribution in [3.05, 3.63) is 60.2 Å². The molecule has 0 fully saturated rings. The zero-order valence-corrected chi connectivity index (χ0v) is 16.0. The van der Waals surface area contributed by atoms with E-state index in [1.807, 2.05) is 6.07 Å². The first-order valence-corrected chi connectivity index (χ1v) is 8.84. The minimum Gasteiger partial charge on any atom is -0.479 e. The van der Waals surface area contributed by atoms with E-state index in [-0.39, 0.29) is 6.10 Å². The normalized spacial score (nSPS) is 11.4. The molecular formula is C21H23NO6. The van der Waals surface area contributed by atoms with E-state index in [0.29, 0.717) is 17.0 Å². The lowest BCUT2D eigenvalue weighted by Gasteiger charge is -2.14. The van der Waals surface area contributed by atoms with E-state index in [2.05, 4.69) is 5.32 Å². The van der Waals surface area contributed by atoms with Gasteiger partial charge in [0.15, 0.2) is 12.7 Å².